The number of ether oxygens (including phenoxy) is 1. The normalized spacial score (nSPS) is 16.7. The summed E-state index contributed by atoms with van der Waals surface area (Å²) in [5, 5.41) is 9.72. The minimum atomic E-state index is -0.610. The average molecular weight is 277 g/mol. The second kappa shape index (κ2) is 4.49. The van der Waals surface area contributed by atoms with Crippen LogP contribution in [0.2, 0.25) is 0 Å². The van der Waals surface area contributed by atoms with Crippen LogP contribution >= 0.6 is 17.0 Å². The van der Waals surface area contributed by atoms with Crippen LogP contribution in [-0.2, 0) is 6.42 Å². The van der Waals surface area contributed by atoms with Crippen LogP contribution in [-0.4, -0.2) is 17.8 Å². The highest BCUT2D eigenvalue weighted by atomic mass is 79.9. The fourth-order valence-electron chi connectivity index (χ4n) is 1.60. The van der Waals surface area contributed by atoms with E-state index < -0.39 is 5.60 Å². The molecule has 1 fully saturated rings. The van der Waals surface area contributed by atoms with Crippen molar-refractivity contribution >= 4 is 17.0 Å². The minimum Gasteiger partial charge on any atom is -0.493 e. The predicted molar refractivity (Wildman–Crippen MR) is 61.2 cm³/mol. The van der Waals surface area contributed by atoms with Crippen molar-refractivity contribution in [3.8, 4) is 5.75 Å². The van der Waals surface area contributed by atoms with Gasteiger partial charge in [-0.2, -0.15) is 0 Å². The monoisotopic (exact) mass is 276 g/mol. The molecule has 0 amide bonds. The van der Waals surface area contributed by atoms with Gasteiger partial charge in [-0.15, -0.1) is 17.0 Å². The van der Waals surface area contributed by atoms with Crippen LogP contribution < -0.4 is 4.74 Å². The van der Waals surface area contributed by atoms with Gasteiger partial charge in [-0.1, -0.05) is 12.1 Å². The molecule has 15 heavy (non-hydrogen) atoms. The summed E-state index contributed by atoms with van der Waals surface area (Å²) < 4.78 is 18.2. The summed E-state index contributed by atoms with van der Waals surface area (Å²) >= 11 is 0. The van der Waals surface area contributed by atoms with Crippen molar-refractivity contribution < 1.29 is 14.2 Å². The van der Waals surface area contributed by atoms with Gasteiger partial charge in [0.05, 0.1) is 12.7 Å². The van der Waals surface area contributed by atoms with Gasteiger partial charge in [0.1, 0.15) is 0 Å². The second-order valence-corrected chi connectivity index (χ2v) is 3.83. The minimum absolute atomic E-state index is 0. The highest BCUT2D eigenvalue weighted by Gasteiger charge is 2.40. The lowest BCUT2D eigenvalue weighted by Crippen LogP contribution is -2.12. The van der Waals surface area contributed by atoms with Crippen LogP contribution in [0.4, 0.5) is 4.39 Å². The first kappa shape index (κ1) is 12.5. The van der Waals surface area contributed by atoms with Crippen LogP contribution in [0.3, 0.4) is 0 Å². The molecule has 0 unspecified atom stereocenters. The summed E-state index contributed by atoms with van der Waals surface area (Å²) in [6, 6.07) is 4.79. The van der Waals surface area contributed by atoms with Crippen molar-refractivity contribution in [3.63, 3.8) is 0 Å². The predicted octanol–water partition coefficient (Wildman–Crippen LogP) is 2.48. The van der Waals surface area contributed by atoms with Crippen molar-refractivity contribution in [3.05, 3.63) is 29.6 Å². The van der Waals surface area contributed by atoms with Gasteiger partial charge in [-0.25, -0.2) is 4.39 Å². The van der Waals surface area contributed by atoms with E-state index in [0.29, 0.717) is 6.42 Å². The van der Waals surface area contributed by atoms with Gasteiger partial charge in [0, 0.05) is 12.0 Å². The lowest BCUT2D eigenvalue weighted by Gasteiger charge is -2.12. The molecule has 1 N–H and O–H groups in total. The molecule has 0 spiro atoms. The number of aliphatic hydroxyl groups is 1. The van der Waals surface area contributed by atoms with Crippen molar-refractivity contribution in [1.29, 1.82) is 0 Å². The Morgan fingerprint density at radius 1 is 1.47 bits per heavy atom. The third-order valence-corrected chi connectivity index (χ3v) is 2.60. The lowest BCUT2D eigenvalue weighted by molar-refractivity contribution is 0.149. The smallest absolute Gasteiger partial charge is 0.165 e. The summed E-state index contributed by atoms with van der Waals surface area (Å²) in [6.07, 6.45) is 2.08. The summed E-state index contributed by atoms with van der Waals surface area (Å²) in [7, 11) is 1.44. The standard InChI is InChI=1S/C11H13FO2.BrH/c1-14-10-8(3-2-4-9(10)12)7-11(13)5-6-11;/h2-4,13H,5-7H2,1H3;1H. The molecule has 0 aliphatic heterocycles. The molecule has 84 valence electrons. The molecule has 1 aliphatic rings. The van der Waals surface area contributed by atoms with E-state index in [4.69, 9.17) is 4.74 Å². The zero-order chi connectivity index (χ0) is 10.2. The van der Waals surface area contributed by atoms with Gasteiger partial charge in [0.25, 0.3) is 0 Å². The Kier molecular flexibility index (Phi) is 3.73. The maximum Gasteiger partial charge on any atom is 0.165 e. The van der Waals surface area contributed by atoms with E-state index in [9.17, 15) is 9.50 Å². The fraction of sp³-hybridized carbons (Fsp3) is 0.455. The quantitative estimate of drug-likeness (QED) is 0.919. The summed E-state index contributed by atoms with van der Waals surface area (Å²) in [6.45, 7) is 0. The second-order valence-electron chi connectivity index (χ2n) is 3.83. The Labute approximate surface area is 98.8 Å². The van der Waals surface area contributed by atoms with Crippen molar-refractivity contribution in [2.45, 2.75) is 24.9 Å². The van der Waals surface area contributed by atoms with E-state index in [1.54, 1.807) is 12.1 Å². The SMILES string of the molecule is Br.COc1c(F)cccc1CC1(O)CC1. The Hall–Kier alpha value is -0.610. The van der Waals surface area contributed by atoms with Crippen LogP contribution in [0.1, 0.15) is 18.4 Å². The molecule has 0 radical (unpaired) electrons. The summed E-state index contributed by atoms with van der Waals surface area (Å²) in [5.41, 5.74) is 0.133. The van der Waals surface area contributed by atoms with Gasteiger partial charge in [-0.05, 0) is 18.9 Å². The largest absolute Gasteiger partial charge is 0.493 e. The van der Waals surface area contributed by atoms with Crippen LogP contribution in [0.15, 0.2) is 18.2 Å². The number of hydrogen-bond donors (Lipinski definition) is 1. The Morgan fingerprint density at radius 3 is 2.67 bits per heavy atom. The van der Waals surface area contributed by atoms with Crippen LogP contribution in [0, 0.1) is 5.82 Å². The maximum absolute atomic E-state index is 13.2. The molecule has 1 aromatic rings. The van der Waals surface area contributed by atoms with E-state index in [1.165, 1.54) is 13.2 Å². The Bertz CT molecular complexity index is 350. The molecule has 0 aromatic heterocycles. The first-order valence-electron chi connectivity index (χ1n) is 4.68. The zero-order valence-electron chi connectivity index (χ0n) is 8.50. The number of benzene rings is 1. The highest BCUT2D eigenvalue weighted by molar-refractivity contribution is 8.93. The number of hydrogen-bond acceptors (Lipinski definition) is 2. The molecule has 0 saturated heterocycles. The fourth-order valence-corrected chi connectivity index (χ4v) is 1.60. The van der Waals surface area contributed by atoms with E-state index >= 15 is 0 Å². The highest BCUT2D eigenvalue weighted by Crippen LogP contribution is 2.40. The molecule has 0 bridgehead atoms. The van der Waals surface area contributed by atoms with Gasteiger partial charge in [0.15, 0.2) is 11.6 Å². The number of methoxy groups -OCH3 is 1. The third kappa shape index (κ3) is 2.69. The average Bonchev–Trinajstić information content (AvgIpc) is 2.84. The zero-order valence-corrected chi connectivity index (χ0v) is 10.2. The summed E-state index contributed by atoms with van der Waals surface area (Å²) in [4.78, 5) is 0. The van der Waals surface area contributed by atoms with E-state index in [2.05, 4.69) is 0 Å². The van der Waals surface area contributed by atoms with Crippen molar-refractivity contribution in [1.82, 2.24) is 0 Å². The molecular weight excluding hydrogens is 263 g/mol. The van der Waals surface area contributed by atoms with E-state index in [-0.39, 0.29) is 28.5 Å². The lowest BCUT2D eigenvalue weighted by atomic mass is 10.1. The molecule has 0 atom stereocenters. The van der Waals surface area contributed by atoms with Gasteiger partial charge < -0.3 is 9.84 Å². The molecule has 1 saturated carbocycles. The van der Waals surface area contributed by atoms with Crippen molar-refractivity contribution in [2.24, 2.45) is 0 Å². The number of halogens is 2. The number of rotatable bonds is 3. The van der Waals surface area contributed by atoms with Gasteiger partial charge >= 0.3 is 0 Å². The molecular formula is C11H14BrFO2. The molecule has 0 heterocycles. The van der Waals surface area contributed by atoms with Gasteiger partial charge in [-0.3, -0.25) is 0 Å². The first-order valence-corrected chi connectivity index (χ1v) is 4.68. The topological polar surface area (TPSA) is 29.5 Å². The Morgan fingerprint density at radius 2 is 2.13 bits per heavy atom. The van der Waals surface area contributed by atoms with E-state index in [1.807, 2.05) is 0 Å². The maximum atomic E-state index is 13.2. The third-order valence-electron chi connectivity index (χ3n) is 2.60. The molecule has 2 nitrogen and oxygen atoms in total. The van der Waals surface area contributed by atoms with E-state index in [0.717, 1.165) is 18.4 Å². The molecule has 1 aromatic carbocycles. The number of para-hydroxylation sites is 1. The molecule has 1 aliphatic carbocycles. The molecule has 2 rings (SSSR count). The first-order chi connectivity index (χ1) is 6.64. The molecule has 4 heteroatoms. The Balaban J connectivity index is 0.00000112. The van der Waals surface area contributed by atoms with Gasteiger partial charge in [0.2, 0.25) is 0 Å². The van der Waals surface area contributed by atoms with Crippen LogP contribution in [0.5, 0.6) is 5.75 Å². The summed E-state index contributed by atoms with van der Waals surface area (Å²) in [5.74, 6) is -0.109. The van der Waals surface area contributed by atoms with Crippen LogP contribution in [0.25, 0.3) is 0 Å². The van der Waals surface area contributed by atoms with Crippen molar-refractivity contribution in [2.75, 3.05) is 7.11 Å².